The van der Waals surface area contributed by atoms with Gasteiger partial charge in [-0.05, 0) is 12.8 Å². The molecule has 0 aromatic heterocycles. The fourth-order valence-electron chi connectivity index (χ4n) is 3.28. The van der Waals surface area contributed by atoms with Crippen molar-refractivity contribution in [3.05, 3.63) is 0 Å². The molecular formula is C15H23N3O4. The number of imide groups is 1. The van der Waals surface area contributed by atoms with E-state index >= 15 is 0 Å². The predicted molar refractivity (Wildman–Crippen MR) is 78.6 cm³/mol. The van der Waals surface area contributed by atoms with Crippen LogP contribution >= 0.6 is 0 Å². The normalized spacial score (nSPS) is 20.4. The summed E-state index contributed by atoms with van der Waals surface area (Å²) in [6, 6.07) is 0. The van der Waals surface area contributed by atoms with E-state index in [4.69, 9.17) is 0 Å². The van der Waals surface area contributed by atoms with E-state index in [1.54, 1.807) is 0 Å². The highest BCUT2D eigenvalue weighted by Gasteiger charge is 2.51. The largest absolute Gasteiger partial charge is 0.358 e. The van der Waals surface area contributed by atoms with E-state index in [9.17, 15) is 19.2 Å². The van der Waals surface area contributed by atoms with Gasteiger partial charge in [0.05, 0.1) is 12.0 Å². The zero-order valence-electron chi connectivity index (χ0n) is 13.2. The number of hydrogen-bond donors (Lipinski definition) is 1. The Balaban J connectivity index is 2.00. The van der Waals surface area contributed by atoms with Crippen molar-refractivity contribution in [3.63, 3.8) is 0 Å². The topological polar surface area (TPSA) is 86.8 Å². The quantitative estimate of drug-likeness (QED) is 0.735. The lowest BCUT2D eigenvalue weighted by Gasteiger charge is -2.30. The number of amides is 4. The van der Waals surface area contributed by atoms with Crippen molar-refractivity contribution >= 4 is 23.6 Å². The van der Waals surface area contributed by atoms with Crippen LogP contribution in [0, 0.1) is 5.41 Å². The van der Waals surface area contributed by atoms with Gasteiger partial charge in [0, 0.05) is 20.5 Å². The fraction of sp³-hybridized carbons (Fsp3) is 0.733. The first kappa shape index (κ1) is 16.5. The van der Waals surface area contributed by atoms with Crippen molar-refractivity contribution < 1.29 is 19.2 Å². The summed E-state index contributed by atoms with van der Waals surface area (Å²) in [5, 5.41) is 2.43. The molecule has 122 valence electrons. The lowest BCUT2D eigenvalue weighted by molar-refractivity contribution is -0.148. The smallest absolute Gasteiger partial charge is 0.242 e. The number of nitrogens with one attached hydrogen (secondary N) is 1. The number of likely N-dealkylation sites (N-methyl/N-ethyl adjacent to an activating group) is 2. The van der Waals surface area contributed by atoms with Crippen LogP contribution in [0.3, 0.4) is 0 Å². The van der Waals surface area contributed by atoms with Gasteiger partial charge in [0.1, 0.15) is 6.54 Å². The molecule has 1 aliphatic carbocycles. The molecule has 0 bridgehead atoms. The highest BCUT2D eigenvalue weighted by Crippen LogP contribution is 2.45. The van der Waals surface area contributed by atoms with Crippen LogP contribution < -0.4 is 5.32 Å². The third kappa shape index (κ3) is 3.13. The molecule has 1 N–H and O–H groups in total. The van der Waals surface area contributed by atoms with Gasteiger partial charge >= 0.3 is 0 Å². The van der Waals surface area contributed by atoms with Crippen LogP contribution in [0.2, 0.25) is 0 Å². The molecule has 4 amide bonds. The molecule has 0 atom stereocenters. The van der Waals surface area contributed by atoms with Crippen molar-refractivity contribution in [1.82, 2.24) is 15.1 Å². The molecule has 7 heteroatoms. The SMILES string of the molecule is CNC(=O)CN(C)C(=O)CN1C(=O)CC2(CCCCC2)C1=O. The van der Waals surface area contributed by atoms with Crippen molar-refractivity contribution in [2.75, 3.05) is 27.2 Å². The Morgan fingerprint density at radius 2 is 1.86 bits per heavy atom. The summed E-state index contributed by atoms with van der Waals surface area (Å²) >= 11 is 0. The van der Waals surface area contributed by atoms with Crippen LogP contribution in [-0.4, -0.2) is 60.6 Å². The van der Waals surface area contributed by atoms with Crippen molar-refractivity contribution in [1.29, 1.82) is 0 Å². The van der Waals surface area contributed by atoms with Gasteiger partial charge in [-0.2, -0.15) is 0 Å². The lowest BCUT2D eigenvalue weighted by Crippen LogP contribution is -2.45. The van der Waals surface area contributed by atoms with E-state index in [1.807, 2.05) is 0 Å². The number of hydrogen-bond acceptors (Lipinski definition) is 4. The van der Waals surface area contributed by atoms with E-state index in [0.717, 1.165) is 37.0 Å². The summed E-state index contributed by atoms with van der Waals surface area (Å²) in [6.45, 7) is -0.358. The fourth-order valence-corrected chi connectivity index (χ4v) is 3.28. The Labute approximate surface area is 130 Å². The molecule has 1 heterocycles. The third-order valence-corrected chi connectivity index (χ3v) is 4.68. The van der Waals surface area contributed by atoms with E-state index in [2.05, 4.69) is 5.32 Å². The average molecular weight is 309 g/mol. The van der Waals surface area contributed by atoms with Gasteiger partial charge in [-0.3, -0.25) is 24.1 Å². The van der Waals surface area contributed by atoms with Gasteiger partial charge in [-0.15, -0.1) is 0 Å². The van der Waals surface area contributed by atoms with E-state index in [-0.39, 0.29) is 37.2 Å². The summed E-state index contributed by atoms with van der Waals surface area (Å²) in [5.41, 5.74) is -0.574. The Morgan fingerprint density at radius 1 is 1.23 bits per heavy atom. The molecule has 2 aliphatic rings. The van der Waals surface area contributed by atoms with Gasteiger partial charge in [-0.25, -0.2) is 0 Å². The zero-order chi connectivity index (χ0) is 16.3. The minimum absolute atomic E-state index is 0.0866. The van der Waals surface area contributed by atoms with Gasteiger partial charge in [-0.1, -0.05) is 19.3 Å². The summed E-state index contributed by atoms with van der Waals surface area (Å²) in [5.74, 6) is -1.18. The molecule has 0 aromatic rings. The first-order valence-corrected chi connectivity index (χ1v) is 7.69. The Morgan fingerprint density at radius 3 is 2.45 bits per heavy atom. The monoisotopic (exact) mass is 309 g/mol. The van der Waals surface area contributed by atoms with Gasteiger partial charge in [0.2, 0.25) is 23.6 Å². The number of carbonyl (C=O) groups excluding carboxylic acids is 4. The minimum atomic E-state index is -0.574. The molecule has 2 fully saturated rings. The van der Waals surface area contributed by atoms with Crippen LogP contribution in [0.15, 0.2) is 0 Å². The summed E-state index contributed by atoms with van der Waals surface area (Å²) < 4.78 is 0. The number of rotatable bonds is 4. The van der Waals surface area contributed by atoms with Crippen molar-refractivity contribution in [2.24, 2.45) is 5.41 Å². The molecule has 1 saturated carbocycles. The molecule has 22 heavy (non-hydrogen) atoms. The third-order valence-electron chi connectivity index (χ3n) is 4.68. The first-order valence-electron chi connectivity index (χ1n) is 7.69. The first-order chi connectivity index (χ1) is 10.4. The molecule has 1 spiro atoms. The molecule has 0 unspecified atom stereocenters. The van der Waals surface area contributed by atoms with Gasteiger partial charge in [0.25, 0.3) is 0 Å². The molecule has 1 aliphatic heterocycles. The second-order valence-corrected chi connectivity index (χ2v) is 6.23. The molecule has 1 saturated heterocycles. The number of carbonyl (C=O) groups is 4. The molecular weight excluding hydrogens is 286 g/mol. The maximum atomic E-state index is 12.6. The van der Waals surface area contributed by atoms with Crippen LogP contribution in [-0.2, 0) is 19.2 Å². The lowest BCUT2D eigenvalue weighted by atomic mass is 9.73. The maximum absolute atomic E-state index is 12.6. The van der Waals surface area contributed by atoms with Crippen LogP contribution in [0.5, 0.6) is 0 Å². The summed E-state index contributed by atoms with van der Waals surface area (Å²) in [4.78, 5) is 50.4. The van der Waals surface area contributed by atoms with Crippen molar-refractivity contribution in [2.45, 2.75) is 38.5 Å². The van der Waals surface area contributed by atoms with Gasteiger partial charge in [0.15, 0.2) is 0 Å². The number of likely N-dealkylation sites (tertiary alicyclic amines) is 1. The molecule has 2 rings (SSSR count). The zero-order valence-corrected chi connectivity index (χ0v) is 13.2. The van der Waals surface area contributed by atoms with E-state index < -0.39 is 11.3 Å². The average Bonchev–Trinajstić information content (AvgIpc) is 2.72. The van der Waals surface area contributed by atoms with E-state index in [1.165, 1.54) is 19.0 Å². The van der Waals surface area contributed by atoms with Crippen LogP contribution in [0.25, 0.3) is 0 Å². The Hall–Kier alpha value is -1.92. The molecule has 7 nitrogen and oxygen atoms in total. The Kier molecular flexibility index (Phi) is 4.83. The predicted octanol–water partition coefficient (Wildman–Crippen LogP) is -0.0998. The highest BCUT2D eigenvalue weighted by molar-refractivity contribution is 6.08. The Bertz CT molecular complexity index is 497. The highest BCUT2D eigenvalue weighted by atomic mass is 16.2. The molecule has 0 radical (unpaired) electrons. The van der Waals surface area contributed by atoms with Crippen LogP contribution in [0.4, 0.5) is 0 Å². The minimum Gasteiger partial charge on any atom is -0.358 e. The maximum Gasteiger partial charge on any atom is 0.242 e. The second kappa shape index (κ2) is 6.46. The summed E-state index contributed by atoms with van der Waals surface area (Å²) in [7, 11) is 2.97. The van der Waals surface area contributed by atoms with E-state index in [0.29, 0.717) is 0 Å². The summed E-state index contributed by atoms with van der Waals surface area (Å²) in [6.07, 6.45) is 4.69. The van der Waals surface area contributed by atoms with Crippen molar-refractivity contribution in [3.8, 4) is 0 Å². The number of nitrogens with zero attached hydrogens (tertiary/aromatic N) is 2. The second-order valence-electron chi connectivity index (χ2n) is 6.23. The standard InChI is InChI=1S/C15H23N3O4/c1-16-11(19)9-17(2)13(21)10-18-12(20)8-15(14(18)22)6-4-3-5-7-15/h3-10H2,1-2H3,(H,16,19). The molecule has 0 aromatic carbocycles. The van der Waals surface area contributed by atoms with Crippen LogP contribution in [0.1, 0.15) is 38.5 Å². The van der Waals surface area contributed by atoms with Gasteiger partial charge < -0.3 is 10.2 Å².